The maximum atomic E-state index is 11.6. The molecule has 1 N–H and O–H groups in total. The Morgan fingerprint density at radius 3 is 2.52 bits per heavy atom. The molecule has 0 radical (unpaired) electrons. The Hall–Kier alpha value is -3.12. The van der Waals surface area contributed by atoms with Gasteiger partial charge >= 0.3 is 5.97 Å². The van der Waals surface area contributed by atoms with Crippen molar-refractivity contribution in [3.05, 3.63) is 59.7 Å². The average molecular weight is 384 g/mol. The molecule has 1 aromatic carbocycles. The Kier molecular flexibility index (Phi) is 5.01. The van der Waals surface area contributed by atoms with Crippen LogP contribution in [0.2, 0.25) is 0 Å². The summed E-state index contributed by atoms with van der Waals surface area (Å²) in [4.78, 5) is 19.5. The van der Waals surface area contributed by atoms with Gasteiger partial charge in [-0.05, 0) is 37.6 Å². The average Bonchev–Trinajstić information content (AvgIpc) is 3.23. The fourth-order valence-electron chi connectivity index (χ4n) is 3.16. The number of H-pyrrole nitrogens is 1. The number of hydrogen-bond acceptors (Lipinski definition) is 5. The predicted octanol–water partition coefficient (Wildman–Crippen LogP) is 4.71. The molecule has 0 bridgehead atoms. The van der Waals surface area contributed by atoms with E-state index in [1.54, 1.807) is 12.1 Å². The molecule has 0 unspecified atom stereocenters. The van der Waals surface area contributed by atoms with Crippen LogP contribution >= 0.6 is 12.4 Å². The fourth-order valence-corrected chi connectivity index (χ4v) is 3.16. The van der Waals surface area contributed by atoms with Crippen molar-refractivity contribution in [1.29, 1.82) is 0 Å². The number of aromatic amines is 1. The second-order valence-electron chi connectivity index (χ2n) is 6.09. The van der Waals surface area contributed by atoms with Gasteiger partial charge in [0.1, 0.15) is 5.76 Å². The highest BCUT2D eigenvalue weighted by Crippen LogP contribution is 2.32. The molecule has 6 nitrogen and oxygen atoms in total. The zero-order valence-corrected chi connectivity index (χ0v) is 15.9. The number of pyridine rings is 1. The van der Waals surface area contributed by atoms with E-state index in [-0.39, 0.29) is 18.4 Å². The molecule has 0 aliphatic heterocycles. The minimum Gasteiger partial charge on any atom is -0.465 e. The van der Waals surface area contributed by atoms with Crippen LogP contribution in [-0.4, -0.2) is 28.2 Å². The van der Waals surface area contributed by atoms with Crippen molar-refractivity contribution in [1.82, 2.24) is 15.1 Å². The number of halogens is 1. The molecule has 0 aliphatic carbocycles. The lowest BCUT2D eigenvalue weighted by molar-refractivity contribution is 0.0601. The number of carbonyl (C=O) groups excluding carboxylic acids is 1. The Morgan fingerprint density at radius 1 is 1.15 bits per heavy atom. The summed E-state index contributed by atoms with van der Waals surface area (Å²) in [6.07, 6.45) is 3.75. The molecular weight excluding hydrogens is 366 g/mol. The number of hydrogen-bond donors (Lipinski definition) is 1. The van der Waals surface area contributed by atoms with Crippen molar-refractivity contribution in [3.8, 4) is 22.3 Å². The zero-order chi connectivity index (χ0) is 18.3. The van der Waals surface area contributed by atoms with E-state index < -0.39 is 0 Å². The van der Waals surface area contributed by atoms with E-state index in [4.69, 9.17) is 9.26 Å². The summed E-state index contributed by atoms with van der Waals surface area (Å²) < 4.78 is 9.98. The van der Waals surface area contributed by atoms with Crippen molar-refractivity contribution >= 4 is 29.4 Å². The lowest BCUT2D eigenvalue weighted by Crippen LogP contribution is -2.00. The second kappa shape index (κ2) is 7.25. The number of benzene rings is 1. The van der Waals surface area contributed by atoms with Crippen LogP contribution in [0.25, 0.3) is 33.3 Å². The molecule has 4 aromatic rings. The molecule has 0 spiro atoms. The van der Waals surface area contributed by atoms with E-state index >= 15 is 0 Å². The third kappa shape index (κ3) is 3.19. The van der Waals surface area contributed by atoms with Crippen LogP contribution in [0.1, 0.15) is 21.8 Å². The van der Waals surface area contributed by atoms with Gasteiger partial charge in [-0.15, -0.1) is 12.4 Å². The molecule has 0 saturated heterocycles. The van der Waals surface area contributed by atoms with Gasteiger partial charge in [-0.25, -0.2) is 4.79 Å². The SMILES string of the molecule is COC(=O)c1ccc(-c2c[nH]c3cc(-c4c(C)noc4C)cnc23)cc1.Cl. The summed E-state index contributed by atoms with van der Waals surface area (Å²) in [6.45, 7) is 3.81. The molecule has 0 fully saturated rings. The maximum absolute atomic E-state index is 11.6. The van der Waals surface area contributed by atoms with E-state index in [0.29, 0.717) is 5.56 Å². The van der Waals surface area contributed by atoms with Gasteiger partial charge in [0.15, 0.2) is 0 Å². The molecule has 3 aromatic heterocycles. The minimum atomic E-state index is -0.349. The lowest BCUT2D eigenvalue weighted by atomic mass is 10.0. The smallest absolute Gasteiger partial charge is 0.337 e. The number of carbonyl (C=O) groups is 1. The number of methoxy groups -OCH3 is 1. The van der Waals surface area contributed by atoms with E-state index in [1.807, 2.05) is 44.4 Å². The number of aromatic nitrogens is 3. The molecule has 4 rings (SSSR count). The van der Waals surface area contributed by atoms with Crippen molar-refractivity contribution < 1.29 is 14.1 Å². The Bertz CT molecular complexity index is 1090. The van der Waals surface area contributed by atoms with Crippen molar-refractivity contribution in [2.75, 3.05) is 7.11 Å². The molecule has 0 amide bonds. The number of esters is 1. The normalized spacial score (nSPS) is 10.6. The number of fused-ring (bicyclic) bond motifs is 1. The van der Waals surface area contributed by atoms with Crippen molar-refractivity contribution in [2.24, 2.45) is 0 Å². The zero-order valence-electron chi connectivity index (χ0n) is 15.1. The molecule has 3 heterocycles. The van der Waals surface area contributed by atoms with Crippen LogP contribution < -0.4 is 0 Å². The standard InChI is InChI=1S/C20H17N3O3.ClH/c1-11-18(12(2)26-23-11)15-8-17-19(22-9-15)16(10-21-17)13-4-6-14(7-5-13)20(24)25-3;/h4-10,21H,1-3H3;1H. The number of ether oxygens (including phenoxy) is 1. The van der Waals surface area contributed by atoms with E-state index in [0.717, 1.165) is 44.7 Å². The molecule has 138 valence electrons. The summed E-state index contributed by atoms with van der Waals surface area (Å²) in [7, 11) is 1.37. The van der Waals surface area contributed by atoms with Crippen LogP contribution in [-0.2, 0) is 4.74 Å². The van der Waals surface area contributed by atoms with Crippen LogP contribution in [0, 0.1) is 13.8 Å². The molecule has 0 saturated carbocycles. The Balaban J connectivity index is 0.00000210. The predicted molar refractivity (Wildman–Crippen MR) is 105 cm³/mol. The van der Waals surface area contributed by atoms with Crippen LogP contribution in [0.4, 0.5) is 0 Å². The van der Waals surface area contributed by atoms with Crippen LogP contribution in [0.5, 0.6) is 0 Å². The van der Waals surface area contributed by atoms with Crippen molar-refractivity contribution in [2.45, 2.75) is 13.8 Å². The number of nitrogens with one attached hydrogen (secondary N) is 1. The molecular formula is C20H18ClN3O3. The third-order valence-electron chi connectivity index (χ3n) is 4.45. The number of rotatable bonds is 3. The van der Waals surface area contributed by atoms with Crippen LogP contribution in [0.3, 0.4) is 0 Å². The molecule has 27 heavy (non-hydrogen) atoms. The van der Waals surface area contributed by atoms with Gasteiger partial charge in [0.2, 0.25) is 0 Å². The monoisotopic (exact) mass is 383 g/mol. The van der Waals surface area contributed by atoms with Crippen LogP contribution in [0.15, 0.2) is 47.2 Å². The van der Waals surface area contributed by atoms with Crippen molar-refractivity contribution in [3.63, 3.8) is 0 Å². The lowest BCUT2D eigenvalue weighted by Gasteiger charge is -2.03. The van der Waals surface area contributed by atoms with Gasteiger partial charge < -0.3 is 14.2 Å². The van der Waals surface area contributed by atoms with Gasteiger partial charge in [-0.1, -0.05) is 17.3 Å². The fraction of sp³-hybridized carbons (Fsp3) is 0.150. The highest BCUT2D eigenvalue weighted by Gasteiger charge is 2.15. The van der Waals surface area contributed by atoms with Gasteiger partial charge in [0.05, 0.1) is 29.4 Å². The van der Waals surface area contributed by atoms with E-state index in [2.05, 4.69) is 15.1 Å². The number of aryl methyl sites for hydroxylation is 2. The Labute approximate surface area is 162 Å². The second-order valence-corrected chi connectivity index (χ2v) is 6.09. The third-order valence-corrected chi connectivity index (χ3v) is 4.45. The molecule has 0 atom stereocenters. The first-order valence-corrected chi connectivity index (χ1v) is 8.17. The van der Waals surface area contributed by atoms with E-state index in [9.17, 15) is 4.79 Å². The first-order chi connectivity index (χ1) is 12.6. The first kappa shape index (κ1) is 18.7. The summed E-state index contributed by atoms with van der Waals surface area (Å²) in [5.41, 5.74) is 7.03. The van der Waals surface area contributed by atoms with Gasteiger partial charge in [-0.3, -0.25) is 4.98 Å². The van der Waals surface area contributed by atoms with E-state index in [1.165, 1.54) is 7.11 Å². The number of nitrogens with zero attached hydrogens (tertiary/aromatic N) is 2. The van der Waals surface area contributed by atoms with Gasteiger partial charge in [0.25, 0.3) is 0 Å². The maximum Gasteiger partial charge on any atom is 0.337 e. The largest absolute Gasteiger partial charge is 0.465 e. The summed E-state index contributed by atoms with van der Waals surface area (Å²) in [5, 5.41) is 4.00. The summed E-state index contributed by atoms with van der Waals surface area (Å²) >= 11 is 0. The highest BCUT2D eigenvalue weighted by atomic mass is 35.5. The molecule has 7 heteroatoms. The topological polar surface area (TPSA) is 81.0 Å². The van der Waals surface area contributed by atoms with Gasteiger partial charge in [0, 0.05) is 29.1 Å². The quantitative estimate of drug-likeness (QED) is 0.518. The summed E-state index contributed by atoms with van der Waals surface area (Å²) in [6, 6.07) is 9.31. The highest BCUT2D eigenvalue weighted by molar-refractivity contribution is 5.95. The molecule has 0 aliphatic rings. The Morgan fingerprint density at radius 2 is 1.89 bits per heavy atom. The summed E-state index contributed by atoms with van der Waals surface area (Å²) in [5.74, 6) is 0.423. The first-order valence-electron chi connectivity index (χ1n) is 8.17. The minimum absolute atomic E-state index is 0. The van der Waals surface area contributed by atoms with Gasteiger partial charge in [-0.2, -0.15) is 0 Å².